The second-order valence-electron chi connectivity index (χ2n) is 4.16. The Hall–Kier alpha value is -0.650. The first kappa shape index (κ1) is 11.8. The lowest BCUT2D eigenvalue weighted by Gasteiger charge is -2.08. The second-order valence-corrected chi connectivity index (χ2v) is 5.20. The summed E-state index contributed by atoms with van der Waals surface area (Å²) in [6, 6.07) is 0. The molecule has 5 heteroatoms. The van der Waals surface area contributed by atoms with Crippen molar-refractivity contribution in [2.24, 2.45) is 0 Å². The van der Waals surface area contributed by atoms with Gasteiger partial charge in [0.15, 0.2) is 0 Å². The highest BCUT2D eigenvalue weighted by atomic mass is 32.1. The SMILES string of the molecule is CN(C)CCCOc1nc2c(s1)CCOC2. The fourth-order valence-corrected chi connectivity index (χ4v) is 2.52. The number of fused-ring (bicyclic) bond motifs is 1. The Bertz CT molecular complexity index is 315. The third-order valence-electron chi connectivity index (χ3n) is 2.45. The Balaban J connectivity index is 1.79. The molecule has 0 atom stereocenters. The lowest BCUT2D eigenvalue weighted by Crippen LogP contribution is -2.15. The van der Waals surface area contributed by atoms with Crippen molar-refractivity contribution >= 4 is 11.3 Å². The summed E-state index contributed by atoms with van der Waals surface area (Å²) in [6.07, 6.45) is 2.02. The Morgan fingerprint density at radius 2 is 2.38 bits per heavy atom. The van der Waals surface area contributed by atoms with Crippen molar-refractivity contribution in [1.29, 1.82) is 0 Å². The highest BCUT2D eigenvalue weighted by Gasteiger charge is 2.15. The molecule has 1 aromatic heterocycles. The molecule has 0 amide bonds. The predicted molar refractivity (Wildman–Crippen MR) is 64.1 cm³/mol. The first-order chi connectivity index (χ1) is 7.75. The van der Waals surface area contributed by atoms with Crippen LogP contribution < -0.4 is 4.74 Å². The standard InChI is InChI=1S/C11H18N2O2S/c1-13(2)5-3-6-15-11-12-9-8-14-7-4-10(9)16-11/h3-8H2,1-2H3. The normalized spacial score (nSPS) is 15.2. The number of thiazole rings is 1. The minimum atomic E-state index is 0.646. The van der Waals surface area contributed by atoms with E-state index in [1.165, 1.54) is 4.88 Å². The van der Waals surface area contributed by atoms with E-state index in [-0.39, 0.29) is 0 Å². The molecule has 1 aliphatic heterocycles. The summed E-state index contributed by atoms with van der Waals surface area (Å²) < 4.78 is 11.0. The molecule has 0 unspecified atom stereocenters. The Morgan fingerprint density at radius 1 is 1.50 bits per heavy atom. The van der Waals surface area contributed by atoms with Crippen LogP contribution in [-0.4, -0.2) is 43.7 Å². The van der Waals surface area contributed by atoms with Gasteiger partial charge in [0.2, 0.25) is 0 Å². The number of nitrogens with zero attached hydrogens (tertiary/aromatic N) is 2. The molecule has 2 heterocycles. The molecule has 0 fully saturated rings. The van der Waals surface area contributed by atoms with Gasteiger partial charge in [-0.2, -0.15) is 0 Å². The van der Waals surface area contributed by atoms with Crippen molar-refractivity contribution in [1.82, 2.24) is 9.88 Å². The van der Waals surface area contributed by atoms with E-state index in [2.05, 4.69) is 24.0 Å². The van der Waals surface area contributed by atoms with Crippen LogP contribution in [0.25, 0.3) is 0 Å². The third-order valence-corrected chi connectivity index (χ3v) is 3.52. The first-order valence-corrected chi connectivity index (χ1v) is 6.41. The maximum Gasteiger partial charge on any atom is 0.273 e. The van der Waals surface area contributed by atoms with Crippen molar-refractivity contribution < 1.29 is 9.47 Å². The van der Waals surface area contributed by atoms with E-state index >= 15 is 0 Å². The molecule has 2 rings (SSSR count). The zero-order chi connectivity index (χ0) is 11.4. The molecule has 0 aliphatic carbocycles. The molecule has 0 aromatic carbocycles. The van der Waals surface area contributed by atoms with Gasteiger partial charge in [-0.15, -0.1) is 0 Å². The molecule has 1 aromatic rings. The van der Waals surface area contributed by atoms with Crippen LogP contribution in [0.5, 0.6) is 5.19 Å². The summed E-state index contributed by atoms with van der Waals surface area (Å²) in [5.74, 6) is 0. The van der Waals surface area contributed by atoms with Gasteiger partial charge in [-0.25, -0.2) is 4.98 Å². The predicted octanol–water partition coefficient (Wildman–Crippen LogP) is 1.55. The van der Waals surface area contributed by atoms with Gasteiger partial charge in [0, 0.05) is 17.8 Å². The maximum absolute atomic E-state index is 5.63. The Morgan fingerprint density at radius 3 is 3.12 bits per heavy atom. The van der Waals surface area contributed by atoms with E-state index in [1.54, 1.807) is 11.3 Å². The molecular weight excluding hydrogens is 224 g/mol. The number of ether oxygens (including phenoxy) is 2. The van der Waals surface area contributed by atoms with E-state index in [1.807, 2.05) is 0 Å². The van der Waals surface area contributed by atoms with Gasteiger partial charge in [0.05, 0.1) is 25.5 Å². The molecule has 4 nitrogen and oxygen atoms in total. The van der Waals surface area contributed by atoms with Crippen LogP contribution >= 0.6 is 11.3 Å². The summed E-state index contributed by atoms with van der Waals surface area (Å²) in [5.41, 5.74) is 1.07. The number of hydrogen-bond acceptors (Lipinski definition) is 5. The van der Waals surface area contributed by atoms with Gasteiger partial charge in [-0.05, 0) is 20.5 Å². The monoisotopic (exact) mass is 242 g/mol. The van der Waals surface area contributed by atoms with E-state index in [0.717, 1.165) is 43.5 Å². The maximum atomic E-state index is 5.63. The van der Waals surface area contributed by atoms with E-state index < -0.39 is 0 Å². The second kappa shape index (κ2) is 5.61. The fourth-order valence-electron chi connectivity index (χ4n) is 1.60. The zero-order valence-electron chi connectivity index (χ0n) is 9.86. The summed E-state index contributed by atoms with van der Waals surface area (Å²) in [5, 5.41) is 0.800. The van der Waals surface area contributed by atoms with Gasteiger partial charge in [0.25, 0.3) is 5.19 Å². The van der Waals surface area contributed by atoms with Crippen molar-refractivity contribution in [2.75, 3.05) is 33.9 Å². The number of aromatic nitrogens is 1. The average Bonchev–Trinajstić information content (AvgIpc) is 2.66. The molecule has 0 bridgehead atoms. The molecule has 0 saturated carbocycles. The summed E-state index contributed by atoms with van der Waals surface area (Å²) in [7, 11) is 4.14. The quantitative estimate of drug-likeness (QED) is 0.734. The van der Waals surface area contributed by atoms with E-state index in [9.17, 15) is 0 Å². The van der Waals surface area contributed by atoms with Crippen LogP contribution in [0.15, 0.2) is 0 Å². The zero-order valence-corrected chi connectivity index (χ0v) is 10.7. The van der Waals surface area contributed by atoms with Gasteiger partial charge < -0.3 is 14.4 Å². The fraction of sp³-hybridized carbons (Fsp3) is 0.727. The largest absolute Gasteiger partial charge is 0.470 e. The highest BCUT2D eigenvalue weighted by molar-refractivity contribution is 7.13. The molecule has 0 spiro atoms. The Labute approximate surface area is 100 Å². The van der Waals surface area contributed by atoms with Gasteiger partial charge in [-0.3, -0.25) is 0 Å². The van der Waals surface area contributed by atoms with Crippen molar-refractivity contribution in [3.05, 3.63) is 10.6 Å². The topological polar surface area (TPSA) is 34.6 Å². The minimum absolute atomic E-state index is 0.646. The Kier molecular flexibility index (Phi) is 4.15. The average molecular weight is 242 g/mol. The van der Waals surface area contributed by atoms with Crippen molar-refractivity contribution in [3.8, 4) is 5.19 Å². The van der Waals surface area contributed by atoms with E-state index in [0.29, 0.717) is 6.61 Å². The lowest BCUT2D eigenvalue weighted by molar-refractivity contribution is 0.109. The van der Waals surface area contributed by atoms with Crippen LogP contribution in [0.4, 0.5) is 0 Å². The summed E-state index contributed by atoms with van der Waals surface area (Å²) >= 11 is 1.67. The molecule has 0 N–H and O–H groups in total. The smallest absolute Gasteiger partial charge is 0.273 e. The molecule has 16 heavy (non-hydrogen) atoms. The molecule has 0 radical (unpaired) electrons. The first-order valence-electron chi connectivity index (χ1n) is 5.59. The summed E-state index contributed by atoms with van der Waals surface area (Å²) in [6.45, 7) is 3.25. The lowest BCUT2D eigenvalue weighted by atomic mass is 10.3. The van der Waals surface area contributed by atoms with Gasteiger partial charge in [-0.1, -0.05) is 11.3 Å². The number of rotatable bonds is 5. The highest BCUT2D eigenvalue weighted by Crippen LogP contribution is 2.28. The van der Waals surface area contributed by atoms with Crippen LogP contribution in [0, 0.1) is 0 Å². The third kappa shape index (κ3) is 3.17. The van der Waals surface area contributed by atoms with Gasteiger partial charge >= 0.3 is 0 Å². The van der Waals surface area contributed by atoms with Gasteiger partial charge in [0.1, 0.15) is 0 Å². The molecule has 90 valence electrons. The van der Waals surface area contributed by atoms with Crippen molar-refractivity contribution in [3.63, 3.8) is 0 Å². The minimum Gasteiger partial charge on any atom is -0.470 e. The molecule has 0 saturated heterocycles. The molecule has 1 aliphatic rings. The molecular formula is C11H18N2O2S. The van der Waals surface area contributed by atoms with Crippen LogP contribution in [0.1, 0.15) is 17.0 Å². The van der Waals surface area contributed by atoms with Crippen LogP contribution in [0.2, 0.25) is 0 Å². The number of hydrogen-bond donors (Lipinski definition) is 0. The van der Waals surface area contributed by atoms with Crippen LogP contribution in [-0.2, 0) is 17.8 Å². The van der Waals surface area contributed by atoms with Crippen molar-refractivity contribution in [2.45, 2.75) is 19.4 Å². The summed E-state index contributed by atoms with van der Waals surface area (Å²) in [4.78, 5) is 7.91. The van der Waals surface area contributed by atoms with E-state index in [4.69, 9.17) is 9.47 Å². The van der Waals surface area contributed by atoms with Crippen LogP contribution in [0.3, 0.4) is 0 Å².